The van der Waals surface area contributed by atoms with E-state index in [0.29, 0.717) is 23.7 Å². The van der Waals surface area contributed by atoms with E-state index >= 15 is 0 Å². The Morgan fingerprint density at radius 1 is 0.381 bits per heavy atom. The number of aryl methyl sites for hydroxylation is 4. The average molecular weight is 606 g/mol. The molecule has 0 spiro atoms. The molecule has 2 heteroatoms. The minimum absolute atomic E-state index is 0.562. The molecule has 0 heterocycles. The summed E-state index contributed by atoms with van der Waals surface area (Å²) < 4.78 is 0. The van der Waals surface area contributed by atoms with Crippen LogP contribution in [0.4, 0.5) is 0 Å². The summed E-state index contributed by atoms with van der Waals surface area (Å²) in [7, 11) is 0. The van der Waals surface area contributed by atoms with Gasteiger partial charge in [0, 0.05) is 10.0 Å². The molecule has 0 unspecified atom stereocenters. The molecule has 0 radical (unpaired) electrons. The Kier molecular flexibility index (Phi) is 16.9. The molecular formula is C40H54Cl2. The van der Waals surface area contributed by atoms with Crippen molar-refractivity contribution >= 4 is 23.2 Å². The standard InChI is InChI=1S/2C10H13Cl.2C10H14/c1-7(2)9-4-8(3)5-10(11)6-9;1-7(2)9-4-5-10(11)8(3)6-9;2*1-8(2)10-6-4-9(3)5-7-10/h2*4-7H,1-3H3;2*4-8H,1-3H3. The molecule has 0 nitrogen and oxygen atoms in total. The minimum Gasteiger partial charge on any atom is -0.0843 e. The maximum atomic E-state index is 5.89. The second-order valence-electron chi connectivity index (χ2n) is 12.5. The predicted octanol–water partition coefficient (Wildman–Crippen LogP) is 13.8. The molecule has 0 saturated heterocycles. The molecule has 4 aromatic carbocycles. The van der Waals surface area contributed by atoms with Crippen molar-refractivity contribution in [1.29, 1.82) is 0 Å². The van der Waals surface area contributed by atoms with Crippen LogP contribution >= 0.6 is 23.2 Å². The summed E-state index contributed by atoms with van der Waals surface area (Å²) in [5.74, 6) is 2.46. The van der Waals surface area contributed by atoms with Crippen molar-refractivity contribution in [3.63, 3.8) is 0 Å². The van der Waals surface area contributed by atoms with Crippen LogP contribution in [0.15, 0.2) is 84.9 Å². The molecule has 4 rings (SSSR count). The van der Waals surface area contributed by atoms with Gasteiger partial charge in [0.25, 0.3) is 0 Å². The largest absolute Gasteiger partial charge is 0.0843 e. The van der Waals surface area contributed by atoms with Crippen molar-refractivity contribution in [2.75, 3.05) is 0 Å². The second kappa shape index (κ2) is 18.9. The van der Waals surface area contributed by atoms with Crippen LogP contribution in [0.3, 0.4) is 0 Å². The lowest BCUT2D eigenvalue weighted by atomic mass is 10.0. The molecule has 228 valence electrons. The molecule has 4 aromatic rings. The van der Waals surface area contributed by atoms with Crippen LogP contribution in [0.25, 0.3) is 0 Å². The fourth-order valence-electron chi connectivity index (χ4n) is 4.03. The van der Waals surface area contributed by atoms with E-state index in [1.54, 1.807) is 0 Å². The van der Waals surface area contributed by atoms with Gasteiger partial charge in [0.05, 0.1) is 0 Å². The zero-order chi connectivity index (χ0) is 32.0. The highest BCUT2D eigenvalue weighted by Crippen LogP contribution is 2.22. The van der Waals surface area contributed by atoms with Crippen LogP contribution < -0.4 is 0 Å². The highest BCUT2D eigenvalue weighted by Gasteiger charge is 2.01. The van der Waals surface area contributed by atoms with Crippen LogP contribution in [0, 0.1) is 27.7 Å². The smallest absolute Gasteiger partial charge is 0.0435 e. The second-order valence-corrected chi connectivity index (χ2v) is 13.4. The zero-order valence-corrected chi connectivity index (χ0v) is 29.7. The van der Waals surface area contributed by atoms with Crippen LogP contribution in [0.5, 0.6) is 0 Å². The van der Waals surface area contributed by atoms with Gasteiger partial charge in [0.1, 0.15) is 0 Å². The first-order valence-corrected chi connectivity index (χ1v) is 16.0. The van der Waals surface area contributed by atoms with Crippen molar-refractivity contribution in [1.82, 2.24) is 0 Å². The Balaban J connectivity index is 0.000000280. The van der Waals surface area contributed by atoms with Gasteiger partial charge < -0.3 is 0 Å². The Labute approximate surface area is 268 Å². The summed E-state index contributed by atoms with van der Waals surface area (Å²) in [6.45, 7) is 25.9. The van der Waals surface area contributed by atoms with Gasteiger partial charge in [-0.15, -0.1) is 0 Å². The molecule has 0 amide bonds. The van der Waals surface area contributed by atoms with Crippen LogP contribution in [-0.4, -0.2) is 0 Å². The third-order valence-corrected chi connectivity index (χ3v) is 7.71. The molecule has 0 aliphatic heterocycles. The number of rotatable bonds is 4. The Bertz CT molecular complexity index is 1240. The summed E-state index contributed by atoms with van der Waals surface area (Å²) in [5, 5.41) is 1.70. The maximum Gasteiger partial charge on any atom is 0.0435 e. The number of halogens is 2. The molecule has 0 bridgehead atoms. The van der Waals surface area contributed by atoms with Gasteiger partial charge in [-0.2, -0.15) is 0 Å². The van der Waals surface area contributed by atoms with Crippen molar-refractivity contribution in [2.45, 2.75) is 107 Å². The SMILES string of the molecule is Cc1cc(C(C)C)ccc1Cl.Cc1cc(Cl)cc(C(C)C)c1.Cc1ccc(C(C)C)cc1.Cc1ccc(C(C)C)cc1. The maximum absolute atomic E-state index is 5.89. The summed E-state index contributed by atoms with van der Waals surface area (Å²) in [4.78, 5) is 0. The van der Waals surface area contributed by atoms with Gasteiger partial charge in [0.2, 0.25) is 0 Å². The molecular weight excluding hydrogens is 551 g/mol. The topological polar surface area (TPSA) is 0 Å². The van der Waals surface area contributed by atoms with E-state index in [-0.39, 0.29) is 0 Å². The quantitative estimate of drug-likeness (QED) is 0.217. The first-order valence-electron chi connectivity index (χ1n) is 15.3. The Morgan fingerprint density at radius 3 is 1.10 bits per heavy atom. The fraction of sp³-hybridized carbons (Fsp3) is 0.400. The molecule has 0 aromatic heterocycles. The van der Waals surface area contributed by atoms with Gasteiger partial charge in [-0.3, -0.25) is 0 Å². The number of benzene rings is 4. The van der Waals surface area contributed by atoms with Crippen LogP contribution in [0.2, 0.25) is 10.0 Å². The molecule has 0 fully saturated rings. The molecule has 0 saturated carbocycles. The normalized spacial score (nSPS) is 10.5. The van der Waals surface area contributed by atoms with Crippen molar-refractivity contribution < 1.29 is 0 Å². The lowest BCUT2D eigenvalue weighted by molar-refractivity contribution is 0.865. The van der Waals surface area contributed by atoms with Gasteiger partial charge >= 0.3 is 0 Å². The van der Waals surface area contributed by atoms with Gasteiger partial charge in [0.15, 0.2) is 0 Å². The highest BCUT2D eigenvalue weighted by molar-refractivity contribution is 6.31. The highest BCUT2D eigenvalue weighted by atomic mass is 35.5. The molecule has 42 heavy (non-hydrogen) atoms. The molecule has 0 aliphatic carbocycles. The van der Waals surface area contributed by atoms with Gasteiger partial charge in [-0.1, -0.05) is 156 Å². The third-order valence-electron chi connectivity index (χ3n) is 7.07. The zero-order valence-electron chi connectivity index (χ0n) is 28.1. The first-order chi connectivity index (χ1) is 19.6. The Hall–Kier alpha value is -2.54. The number of hydrogen-bond donors (Lipinski definition) is 0. The van der Waals surface area contributed by atoms with Crippen molar-refractivity contribution in [3.8, 4) is 0 Å². The van der Waals surface area contributed by atoms with Crippen molar-refractivity contribution in [2.24, 2.45) is 0 Å². The van der Waals surface area contributed by atoms with E-state index in [0.717, 1.165) is 15.6 Å². The van der Waals surface area contributed by atoms with Crippen LogP contribution in [0.1, 0.15) is 124 Å². The van der Waals surface area contributed by atoms with E-state index < -0.39 is 0 Å². The lowest BCUT2D eigenvalue weighted by Gasteiger charge is -2.06. The summed E-state index contributed by atoms with van der Waals surface area (Å²) >= 11 is 11.8. The molecule has 0 N–H and O–H groups in total. The summed E-state index contributed by atoms with van der Waals surface area (Å²) in [6.07, 6.45) is 0. The molecule has 0 atom stereocenters. The van der Waals surface area contributed by atoms with Gasteiger partial charge in [-0.05, 0) is 103 Å². The first kappa shape index (κ1) is 37.5. The lowest BCUT2D eigenvalue weighted by Crippen LogP contribution is -1.87. The fourth-order valence-corrected chi connectivity index (χ4v) is 4.44. The minimum atomic E-state index is 0.562. The Morgan fingerprint density at radius 2 is 0.762 bits per heavy atom. The van der Waals surface area contributed by atoms with E-state index in [1.165, 1.54) is 38.9 Å². The molecule has 0 aliphatic rings. The van der Waals surface area contributed by atoms with E-state index in [9.17, 15) is 0 Å². The van der Waals surface area contributed by atoms with E-state index in [4.69, 9.17) is 23.2 Å². The van der Waals surface area contributed by atoms with Crippen LogP contribution in [-0.2, 0) is 0 Å². The summed E-state index contributed by atoms with van der Waals surface area (Å²) in [5.41, 5.74) is 10.6. The number of hydrogen-bond acceptors (Lipinski definition) is 0. The average Bonchev–Trinajstić information content (AvgIpc) is 2.91. The van der Waals surface area contributed by atoms with Gasteiger partial charge in [-0.25, -0.2) is 0 Å². The predicted molar refractivity (Wildman–Crippen MR) is 191 cm³/mol. The van der Waals surface area contributed by atoms with Crippen molar-refractivity contribution in [3.05, 3.63) is 139 Å². The van der Waals surface area contributed by atoms with E-state index in [2.05, 4.69) is 143 Å². The van der Waals surface area contributed by atoms with E-state index in [1.807, 2.05) is 25.1 Å². The monoisotopic (exact) mass is 604 g/mol. The summed E-state index contributed by atoms with van der Waals surface area (Å²) in [6, 6.07) is 29.8. The third kappa shape index (κ3) is 14.6.